The second-order valence-electron chi connectivity index (χ2n) is 6.57. The Bertz CT molecular complexity index is 955. The Morgan fingerprint density at radius 1 is 1.21 bits per heavy atom. The molecule has 0 unspecified atom stereocenters. The van der Waals surface area contributed by atoms with Crippen LogP contribution in [0, 0.1) is 6.92 Å². The summed E-state index contributed by atoms with van der Waals surface area (Å²) < 4.78 is 1.67. The summed E-state index contributed by atoms with van der Waals surface area (Å²) in [4.78, 5) is 27.7. The number of nitrogens with zero attached hydrogens (tertiary/aromatic N) is 3. The van der Waals surface area contributed by atoms with Crippen molar-refractivity contribution in [2.75, 3.05) is 11.9 Å². The Morgan fingerprint density at radius 3 is 2.61 bits per heavy atom. The quantitative estimate of drug-likeness (QED) is 0.599. The second kappa shape index (κ2) is 8.79. The number of benzene rings is 1. The fourth-order valence-corrected chi connectivity index (χ4v) is 3.41. The number of anilines is 1. The van der Waals surface area contributed by atoms with Crippen molar-refractivity contribution < 1.29 is 9.59 Å². The molecule has 3 rings (SSSR count). The molecule has 8 heteroatoms. The van der Waals surface area contributed by atoms with Gasteiger partial charge in [0, 0.05) is 37.2 Å². The maximum atomic E-state index is 12.3. The number of amides is 2. The molecule has 3 aromatic rings. The molecule has 2 heterocycles. The van der Waals surface area contributed by atoms with Crippen molar-refractivity contribution in [3.05, 3.63) is 52.7 Å². The zero-order chi connectivity index (χ0) is 20.1. The Labute approximate surface area is 167 Å². The van der Waals surface area contributed by atoms with Gasteiger partial charge in [-0.3, -0.25) is 19.6 Å². The third kappa shape index (κ3) is 5.04. The number of thiazole rings is 1. The lowest BCUT2D eigenvalue weighted by Gasteiger charge is -2.04. The van der Waals surface area contributed by atoms with Crippen molar-refractivity contribution in [3.8, 4) is 11.3 Å². The van der Waals surface area contributed by atoms with Crippen LogP contribution in [0.1, 0.15) is 35.1 Å². The van der Waals surface area contributed by atoms with Gasteiger partial charge in [-0.05, 0) is 31.4 Å². The molecule has 0 saturated carbocycles. The van der Waals surface area contributed by atoms with Gasteiger partial charge in [0.15, 0.2) is 10.8 Å². The summed E-state index contributed by atoms with van der Waals surface area (Å²) in [7, 11) is 1.80. The number of carbonyl (C=O) groups excluding carboxylic acids is 2. The fourth-order valence-electron chi connectivity index (χ4n) is 2.70. The van der Waals surface area contributed by atoms with E-state index < -0.39 is 0 Å². The molecule has 0 aliphatic carbocycles. The van der Waals surface area contributed by atoms with Crippen LogP contribution in [0.5, 0.6) is 0 Å². The molecule has 2 aromatic heterocycles. The zero-order valence-corrected chi connectivity index (χ0v) is 17.0. The minimum atomic E-state index is -0.265. The molecule has 0 aliphatic heterocycles. The average molecular weight is 398 g/mol. The van der Waals surface area contributed by atoms with E-state index in [1.165, 1.54) is 23.8 Å². The number of nitrogens with one attached hydrogen (secondary N) is 2. The molecule has 0 spiro atoms. The third-order valence-electron chi connectivity index (χ3n) is 4.34. The van der Waals surface area contributed by atoms with Gasteiger partial charge in [-0.2, -0.15) is 5.10 Å². The first kappa shape index (κ1) is 19.8. The van der Waals surface area contributed by atoms with Crippen molar-refractivity contribution in [2.45, 2.75) is 26.7 Å². The molecule has 0 fully saturated rings. The topological polar surface area (TPSA) is 88.9 Å². The minimum Gasteiger partial charge on any atom is -0.356 e. The molecule has 7 nitrogen and oxygen atoms in total. The Hall–Kier alpha value is -3.00. The van der Waals surface area contributed by atoms with Gasteiger partial charge in [-0.1, -0.05) is 24.3 Å². The third-order valence-corrected chi connectivity index (χ3v) is 5.09. The maximum Gasteiger partial charge on any atom is 0.277 e. The number of rotatable bonds is 7. The van der Waals surface area contributed by atoms with Gasteiger partial charge in [0.1, 0.15) is 0 Å². The van der Waals surface area contributed by atoms with E-state index in [0.717, 1.165) is 29.8 Å². The smallest absolute Gasteiger partial charge is 0.277 e. The molecule has 2 amide bonds. The van der Waals surface area contributed by atoms with Crippen LogP contribution in [-0.4, -0.2) is 33.1 Å². The largest absolute Gasteiger partial charge is 0.356 e. The summed E-state index contributed by atoms with van der Waals surface area (Å²) in [6.45, 7) is 4.10. The van der Waals surface area contributed by atoms with Crippen LogP contribution in [0.4, 0.5) is 5.13 Å². The van der Waals surface area contributed by atoms with E-state index in [9.17, 15) is 9.59 Å². The highest BCUT2D eigenvalue weighted by atomic mass is 32.1. The summed E-state index contributed by atoms with van der Waals surface area (Å²) >= 11 is 1.38. The van der Waals surface area contributed by atoms with Crippen molar-refractivity contribution >= 4 is 28.3 Å². The predicted molar refractivity (Wildman–Crippen MR) is 110 cm³/mol. The molecule has 2 N–H and O–H groups in total. The van der Waals surface area contributed by atoms with Gasteiger partial charge in [0.2, 0.25) is 5.91 Å². The van der Waals surface area contributed by atoms with Crippen LogP contribution in [0.3, 0.4) is 0 Å². The summed E-state index contributed by atoms with van der Waals surface area (Å²) in [6, 6.07) is 9.93. The van der Waals surface area contributed by atoms with Gasteiger partial charge >= 0.3 is 0 Å². The summed E-state index contributed by atoms with van der Waals surface area (Å²) in [5.41, 5.74) is 4.32. The van der Waals surface area contributed by atoms with Gasteiger partial charge in [0.25, 0.3) is 5.91 Å². The minimum absolute atomic E-state index is 0.0000412. The first-order valence-corrected chi connectivity index (χ1v) is 9.91. The maximum absolute atomic E-state index is 12.3. The Balaban J connectivity index is 1.58. The number of aryl methyl sites for hydroxylation is 3. The second-order valence-corrected chi connectivity index (χ2v) is 7.43. The lowest BCUT2D eigenvalue weighted by molar-refractivity contribution is -0.118. The molecule has 28 heavy (non-hydrogen) atoms. The number of aromatic nitrogens is 3. The van der Waals surface area contributed by atoms with Gasteiger partial charge in [-0.15, -0.1) is 11.3 Å². The molecule has 0 aliphatic rings. The first-order chi connectivity index (χ1) is 13.4. The van der Waals surface area contributed by atoms with Crippen molar-refractivity contribution in [2.24, 2.45) is 7.05 Å². The number of hydrogen-bond donors (Lipinski definition) is 2. The molecular weight excluding hydrogens is 374 g/mol. The van der Waals surface area contributed by atoms with Crippen LogP contribution in [-0.2, 0) is 18.3 Å². The Kier molecular flexibility index (Phi) is 6.20. The summed E-state index contributed by atoms with van der Waals surface area (Å²) in [6.07, 6.45) is 1.81. The zero-order valence-electron chi connectivity index (χ0n) is 16.2. The van der Waals surface area contributed by atoms with E-state index in [2.05, 4.69) is 32.8 Å². The molecule has 0 atom stereocenters. The SMILES string of the molecule is CC(=O)NCCCc1ccc(-c2csc(NC(=O)c3cc(C)n(C)n3)n2)cc1. The van der Waals surface area contributed by atoms with E-state index in [-0.39, 0.29) is 11.8 Å². The van der Waals surface area contributed by atoms with Gasteiger partial charge in [0.05, 0.1) is 5.69 Å². The summed E-state index contributed by atoms with van der Waals surface area (Å²) in [5.74, 6) is -0.265. The fraction of sp³-hybridized carbons (Fsp3) is 0.300. The predicted octanol–water partition coefficient (Wildman–Crippen LogP) is 3.17. The molecule has 146 valence electrons. The Morgan fingerprint density at radius 2 is 1.96 bits per heavy atom. The van der Waals surface area contributed by atoms with E-state index in [4.69, 9.17) is 0 Å². The van der Waals surface area contributed by atoms with Crippen LogP contribution >= 0.6 is 11.3 Å². The van der Waals surface area contributed by atoms with Crippen LogP contribution in [0.2, 0.25) is 0 Å². The highest BCUT2D eigenvalue weighted by Gasteiger charge is 2.13. The van der Waals surface area contributed by atoms with E-state index in [1.54, 1.807) is 17.8 Å². The van der Waals surface area contributed by atoms with Crippen LogP contribution < -0.4 is 10.6 Å². The monoisotopic (exact) mass is 397 g/mol. The normalized spacial score (nSPS) is 10.7. The molecular formula is C20H23N5O2S. The van der Waals surface area contributed by atoms with E-state index in [1.807, 2.05) is 24.4 Å². The highest BCUT2D eigenvalue weighted by molar-refractivity contribution is 7.14. The van der Waals surface area contributed by atoms with Crippen molar-refractivity contribution in [3.63, 3.8) is 0 Å². The molecule has 0 saturated heterocycles. The van der Waals surface area contributed by atoms with Crippen molar-refractivity contribution in [1.82, 2.24) is 20.1 Å². The number of hydrogen-bond acceptors (Lipinski definition) is 5. The molecule has 0 radical (unpaired) electrons. The average Bonchev–Trinajstić information content (AvgIpc) is 3.26. The van der Waals surface area contributed by atoms with Gasteiger partial charge in [-0.25, -0.2) is 4.98 Å². The van der Waals surface area contributed by atoms with Gasteiger partial charge < -0.3 is 5.32 Å². The molecule has 0 bridgehead atoms. The summed E-state index contributed by atoms with van der Waals surface area (Å²) in [5, 5.41) is 12.2. The number of carbonyl (C=O) groups is 2. The van der Waals surface area contributed by atoms with Crippen LogP contribution in [0.25, 0.3) is 11.3 Å². The van der Waals surface area contributed by atoms with E-state index in [0.29, 0.717) is 17.4 Å². The lowest BCUT2D eigenvalue weighted by atomic mass is 10.1. The molecule has 1 aromatic carbocycles. The van der Waals surface area contributed by atoms with Crippen molar-refractivity contribution in [1.29, 1.82) is 0 Å². The lowest BCUT2D eigenvalue weighted by Crippen LogP contribution is -2.21. The standard InChI is InChI=1S/C20H23N5O2S/c1-13-11-17(24-25(13)3)19(27)23-20-22-18(12-28-20)16-8-6-15(7-9-16)5-4-10-21-14(2)26/h6-9,11-12H,4-5,10H2,1-3H3,(H,21,26)(H,22,23,27). The first-order valence-electron chi connectivity index (χ1n) is 9.03. The highest BCUT2D eigenvalue weighted by Crippen LogP contribution is 2.25. The van der Waals surface area contributed by atoms with Crippen LogP contribution in [0.15, 0.2) is 35.7 Å². The van der Waals surface area contributed by atoms with E-state index >= 15 is 0 Å².